The molecule has 0 aromatic carbocycles. The molecule has 2 heterocycles. The lowest BCUT2D eigenvalue weighted by Crippen LogP contribution is -2.64. The molecule has 2 fully saturated rings. The fourth-order valence-corrected chi connectivity index (χ4v) is 3.57. The molecule has 12 heteroatoms. The molecular formula is C19H36O12. The monoisotopic (exact) mass is 456 g/mol. The molecule has 0 aromatic rings. The molecular weight excluding hydrogens is 420 g/mol. The Bertz CT molecular complexity index is 534. The van der Waals surface area contributed by atoms with Crippen molar-refractivity contribution in [1.82, 2.24) is 0 Å². The molecule has 0 amide bonds. The summed E-state index contributed by atoms with van der Waals surface area (Å²) >= 11 is 0. The maximum Gasteiger partial charge on any atom is 0.187 e. The van der Waals surface area contributed by atoms with E-state index in [1.54, 1.807) is 7.11 Å². The normalized spacial score (nSPS) is 43.5. The number of ether oxygens (including phenoxy) is 5. The first kappa shape index (κ1) is 26.8. The van der Waals surface area contributed by atoms with Crippen molar-refractivity contribution in [2.75, 3.05) is 33.5 Å². The van der Waals surface area contributed by atoms with Crippen LogP contribution in [-0.4, -0.2) is 131 Å². The molecule has 11 atom stereocenters. The van der Waals surface area contributed by atoms with Gasteiger partial charge in [0.05, 0.1) is 26.4 Å². The summed E-state index contributed by atoms with van der Waals surface area (Å²) in [5.41, 5.74) is -0.360. The minimum absolute atomic E-state index is 0.155. The van der Waals surface area contributed by atoms with E-state index in [2.05, 4.69) is 0 Å². The van der Waals surface area contributed by atoms with Crippen LogP contribution in [0.5, 0.6) is 0 Å². The van der Waals surface area contributed by atoms with Gasteiger partial charge in [-0.1, -0.05) is 13.8 Å². The highest BCUT2D eigenvalue weighted by Gasteiger charge is 2.50. The van der Waals surface area contributed by atoms with Crippen LogP contribution in [0.15, 0.2) is 0 Å². The Labute approximate surface area is 180 Å². The minimum atomic E-state index is -1.71. The zero-order valence-electron chi connectivity index (χ0n) is 18.0. The molecule has 0 spiro atoms. The van der Waals surface area contributed by atoms with Gasteiger partial charge < -0.3 is 59.4 Å². The first-order valence-electron chi connectivity index (χ1n) is 10.3. The summed E-state index contributed by atoms with van der Waals surface area (Å²) < 4.78 is 27.2. The number of hydrogen-bond donors (Lipinski definition) is 7. The predicted molar refractivity (Wildman–Crippen MR) is 103 cm³/mol. The van der Waals surface area contributed by atoms with Gasteiger partial charge in [-0.2, -0.15) is 0 Å². The average molecular weight is 456 g/mol. The lowest BCUT2D eigenvalue weighted by atomic mass is 9.89. The summed E-state index contributed by atoms with van der Waals surface area (Å²) in [4.78, 5) is 0. The number of aliphatic hydroxyl groups excluding tert-OH is 7. The van der Waals surface area contributed by atoms with Crippen LogP contribution in [0.2, 0.25) is 0 Å². The molecule has 2 rings (SSSR count). The van der Waals surface area contributed by atoms with Gasteiger partial charge in [0.2, 0.25) is 0 Å². The van der Waals surface area contributed by atoms with Gasteiger partial charge >= 0.3 is 0 Å². The van der Waals surface area contributed by atoms with Crippen molar-refractivity contribution >= 4 is 0 Å². The van der Waals surface area contributed by atoms with Gasteiger partial charge in [-0.15, -0.1) is 0 Å². The first-order chi connectivity index (χ1) is 14.6. The molecule has 0 aliphatic carbocycles. The summed E-state index contributed by atoms with van der Waals surface area (Å²) in [5, 5.41) is 70.0. The number of aliphatic hydroxyl groups is 7. The molecule has 2 aliphatic rings. The van der Waals surface area contributed by atoms with Gasteiger partial charge in [0, 0.05) is 12.5 Å². The van der Waals surface area contributed by atoms with E-state index in [1.165, 1.54) is 0 Å². The zero-order chi connectivity index (χ0) is 23.3. The maximum atomic E-state index is 10.6. The molecule has 2 unspecified atom stereocenters. The van der Waals surface area contributed by atoms with Crippen LogP contribution >= 0.6 is 0 Å². The molecule has 31 heavy (non-hydrogen) atoms. The van der Waals surface area contributed by atoms with Crippen LogP contribution in [0.3, 0.4) is 0 Å². The number of methoxy groups -OCH3 is 1. The molecule has 7 N–H and O–H groups in total. The fourth-order valence-electron chi connectivity index (χ4n) is 3.57. The summed E-state index contributed by atoms with van der Waals surface area (Å²) in [6, 6.07) is 0. The zero-order valence-corrected chi connectivity index (χ0v) is 18.0. The van der Waals surface area contributed by atoms with Gasteiger partial charge in [-0.3, -0.25) is 0 Å². The molecule has 0 saturated carbocycles. The quantitative estimate of drug-likeness (QED) is 0.174. The Balaban J connectivity index is 2.07. The maximum absolute atomic E-state index is 10.6. The van der Waals surface area contributed by atoms with Crippen LogP contribution in [0, 0.1) is 5.41 Å². The van der Waals surface area contributed by atoms with Crippen molar-refractivity contribution in [3.05, 3.63) is 0 Å². The highest BCUT2D eigenvalue weighted by molar-refractivity contribution is 4.94. The average Bonchev–Trinajstić information content (AvgIpc) is 2.76. The summed E-state index contributed by atoms with van der Waals surface area (Å²) in [7, 11) is 1.56. The van der Waals surface area contributed by atoms with E-state index in [4.69, 9.17) is 23.7 Å². The van der Waals surface area contributed by atoms with E-state index < -0.39 is 74.6 Å². The SMILES string of the molecule is CCC(C)(COC)COC1O[C@@H](CO)[C@H](O[C@H]2O[C@@H](CO)[C@@H](O)[C@@H](O)[C@@H]2O)[C@@H](O)[C@@H]1O. The second kappa shape index (κ2) is 11.6. The van der Waals surface area contributed by atoms with Crippen LogP contribution < -0.4 is 0 Å². The highest BCUT2D eigenvalue weighted by atomic mass is 16.7. The van der Waals surface area contributed by atoms with Gasteiger partial charge in [-0.25, -0.2) is 0 Å². The molecule has 2 saturated heterocycles. The number of hydrogen-bond acceptors (Lipinski definition) is 12. The minimum Gasteiger partial charge on any atom is -0.394 e. The topological polar surface area (TPSA) is 188 Å². The van der Waals surface area contributed by atoms with Crippen molar-refractivity contribution in [3.63, 3.8) is 0 Å². The van der Waals surface area contributed by atoms with Crippen molar-refractivity contribution in [3.8, 4) is 0 Å². The third-order valence-corrected chi connectivity index (χ3v) is 5.90. The summed E-state index contributed by atoms with van der Waals surface area (Å²) in [6.45, 7) is 3.17. The van der Waals surface area contributed by atoms with Crippen LogP contribution in [-0.2, 0) is 23.7 Å². The van der Waals surface area contributed by atoms with Crippen LogP contribution in [0.4, 0.5) is 0 Å². The Kier molecular flexibility index (Phi) is 10.0. The molecule has 12 nitrogen and oxygen atoms in total. The Morgan fingerprint density at radius 2 is 1.35 bits per heavy atom. The van der Waals surface area contributed by atoms with Crippen LogP contribution in [0.1, 0.15) is 20.3 Å². The fraction of sp³-hybridized carbons (Fsp3) is 1.00. The van der Waals surface area contributed by atoms with E-state index >= 15 is 0 Å². The van der Waals surface area contributed by atoms with E-state index in [9.17, 15) is 35.7 Å². The third kappa shape index (κ3) is 6.10. The van der Waals surface area contributed by atoms with E-state index in [1.807, 2.05) is 13.8 Å². The van der Waals surface area contributed by atoms with Crippen molar-refractivity contribution < 1.29 is 59.4 Å². The summed E-state index contributed by atoms with van der Waals surface area (Å²) in [5.74, 6) is 0. The predicted octanol–water partition coefficient (Wildman–Crippen LogP) is -3.31. The lowest BCUT2D eigenvalue weighted by Gasteiger charge is -2.46. The largest absolute Gasteiger partial charge is 0.394 e. The number of rotatable bonds is 10. The van der Waals surface area contributed by atoms with Crippen molar-refractivity contribution in [1.29, 1.82) is 0 Å². The van der Waals surface area contributed by atoms with E-state index in [0.29, 0.717) is 6.61 Å². The standard InChI is InChI=1S/C19H36O12/c1-4-19(2,7-27-3)8-28-17-15(26)13(24)16(10(6-21)30-17)31-18-14(25)12(23)11(22)9(5-20)29-18/h9-18,20-26H,4-8H2,1-3H3/t9-,10-,11+,12+,13-,14-,15-,16-,17?,18+,19?/m0/s1. The van der Waals surface area contributed by atoms with Crippen molar-refractivity contribution in [2.24, 2.45) is 5.41 Å². The van der Waals surface area contributed by atoms with Gasteiger partial charge in [-0.05, 0) is 6.42 Å². The highest BCUT2D eigenvalue weighted by Crippen LogP contribution is 2.31. The third-order valence-electron chi connectivity index (χ3n) is 5.90. The molecule has 2 aliphatic heterocycles. The molecule has 184 valence electrons. The lowest BCUT2D eigenvalue weighted by molar-refractivity contribution is -0.361. The Hall–Kier alpha value is -0.480. The second-order valence-electron chi connectivity index (χ2n) is 8.41. The Morgan fingerprint density at radius 1 is 0.774 bits per heavy atom. The second-order valence-corrected chi connectivity index (χ2v) is 8.41. The molecule has 0 aromatic heterocycles. The van der Waals surface area contributed by atoms with E-state index in [0.717, 1.165) is 6.42 Å². The van der Waals surface area contributed by atoms with Crippen LogP contribution in [0.25, 0.3) is 0 Å². The summed E-state index contributed by atoms with van der Waals surface area (Å²) in [6.07, 6.45) is -14.0. The van der Waals surface area contributed by atoms with E-state index in [-0.39, 0.29) is 12.0 Å². The Morgan fingerprint density at radius 3 is 1.90 bits per heavy atom. The molecule has 0 radical (unpaired) electrons. The smallest absolute Gasteiger partial charge is 0.187 e. The van der Waals surface area contributed by atoms with Gasteiger partial charge in [0.25, 0.3) is 0 Å². The molecule has 0 bridgehead atoms. The van der Waals surface area contributed by atoms with Gasteiger partial charge in [0.15, 0.2) is 12.6 Å². The van der Waals surface area contributed by atoms with Gasteiger partial charge in [0.1, 0.15) is 48.8 Å². The van der Waals surface area contributed by atoms with Crippen molar-refractivity contribution in [2.45, 2.75) is 81.7 Å². The first-order valence-corrected chi connectivity index (χ1v) is 10.3.